The Morgan fingerprint density at radius 1 is 0.844 bits per heavy atom. The number of nitrogens with one attached hydrogen (secondary N) is 1. The molecule has 5 rings (SSSR count). The van der Waals surface area contributed by atoms with Gasteiger partial charge in [0.25, 0.3) is 0 Å². The Hall–Kier alpha value is -3.87. The number of piperazine rings is 1. The topological polar surface area (TPSA) is 66.4 Å². The van der Waals surface area contributed by atoms with Gasteiger partial charge < -0.3 is 19.9 Å². The highest BCUT2D eigenvalue weighted by Gasteiger charge is 2.21. The van der Waals surface area contributed by atoms with Crippen molar-refractivity contribution in [1.29, 1.82) is 0 Å². The summed E-state index contributed by atoms with van der Waals surface area (Å²) < 4.78 is 5.25. The van der Waals surface area contributed by atoms with Crippen LogP contribution in [0, 0.1) is 0 Å². The number of ether oxygens (including phenoxy) is 1. The molecule has 1 fully saturated rings. The Balaban J connectivity index is 1.35. The third-order valence-electron chi connectivity index (χ3n) is 5.75. The van der Waals surface area contributed by atoms with Gasteiger partial charge in [0.05, 0.1) is 12.6 Å². The molecule has 0 unspecified atom stereocenters. The molecule has 1 saturated heterocycles. The van der Waals surface area contributed by atoms with Gasteiger partial charge in [0.1, 0.15) is 17.4 Å². The second-order valence-corrected chi connectivity index (χ2v) is 7.75. The van der Waals surface area contributed by atoms with Crippen molar-refractivity contribution in [1.82, 2.24) is 15.0 Å². The van der Waals surface area contributed by atoms with Crippen LogP contribution >= 0.6 is 0 Å². The molecule has 2 aromatic heterocycles. The highest BCUT2D eigenvalue weighted by Crippen LogP contribution is 2.25. The summed E-state index contributed by atoms with van der Waals surface area (Å²) in [6, 6.07) is 22.3. The van der Waals surface area contributed by atoms with E-state index in [2.05, 4.69) is 44.4 Å². The van der Waals surface area contributed by atoms with Gasteiger partial charge in [-0.05, 0) is 42.0 Å². The highest BCUT2D eigenvalue weighted by molar-refractivity contribution is 5.90. The first-order valence-corrected chi connectivity index (χ1v) is 10.8. The van der Waals surface area contributed by atoms with Crippen molar-refractivity contribution in [2.75, 3.05) is 48.4 Å². The van der Waals surface area contributed by atoms with Crippen LogP contribution in [-0.4, -0.2) is 48.2 Å². The number of rotatable bonds is 6. The fourth-order valence-corrected chi connectivity index (χ4v) is 3.95. The monoisotopic (exact) mass is 426 g/mol. The van der Waals surface area contributed by atoms with Gasteiger partial charge in [0.2, 0.25) is 5.95 Å². The Morgan fingerprint density at radius 2 is 1.59 bits per heavy atom. The fraction of sp³-hybridized carbons (Fsp3) is 0.240. The number of benzene rings is 2. The van der Waals surface area contributed by atoms with Crippen molar-refractivity contribution >= 4 is 28.5 Å². The molecule has 0 atom stereocenters. The van der Waals surface area contributed by atoms with Gasteiger partial charge >= 0.3 is 0 Å². The van der Waals surface area contributed by atoms with Gasteiger partial charge in [0.15, 0.2) is 0 Å². The molecule has 1 N–H and O–H groups in total. The molecule has 0 bridgehead atoms. The molecule has 0 aliphatic carbocycles. The maximum absolute atomic E-state index is 5.25. The molecule has 162 valence electrons. The maximum atomic E-state index is 5.25. The standard InChI is InChI=1S/C25H26N6O/c1-32-20-11-9-19(10-12-20)18-27-24-21-6-2-3-7-22(21)28-25(29-24)31-16-14-30(15-17-31)23-8-4-5-13-26-23/h2-13H,14-18H2,1H3,(H,27,28,29). The first kappa shape index (κ1) is 20.1. The molecular weight excluding hydrogens is 400 g/mol. The maximum Gasteiger partial charge on any atom is 0.228 e. The number of hydrogen-bond acceptors (Lipinski definition) is 7. The molecule has 0 radical (unpaired) electrons. The third-order valence-corrected chi connectivity index (χ3v) is 5.75. The second kappa shape index (κ2) is 9.09. The van der Waals surface area contributed by atoms with E-state index in [1.165, 1.54) is 5.56 Å². The molecule has 1 aliphatic rings. The zero-order valence-corrected chi connectivity index (χ0v) is 18.1. The van der Waals surface area contributed by atoms with Crippen molar-refractivity contribution in [3.05, 3.63) is 78.5 Å². The number of methoxy groups -OCH3 is 1. The molecule has 0 amide bonds. The number of hydrogen-bond donors (Lipinski definition) is 1. The SMILES string of the molecule is COc1ccc(CNc2nc(N3CCN(c4ccccn4)CC3)nc3ccccc23)cc1. The Morgan fingerprint density at radius 3 is 2.34 bits per heavy atom. The molecule has 3 heterocycles. The van der Waals surface area contributed by atoms with Crippen LogP contribution in [0.3, 0.4) is 0 Å². The van der Waals surface area contributed by atoms with Gasteiger partial charge in [-0.2, -0.15) is 4.98 Å². The quantitative estimate of drug-likeness (QED) is 0.500. The lowest BCUT2D eigenvalue weighted by molar-refractivity contribution is 0.414. The van der Waals surface area contributed by atoms with E-state index in [0.29, 0.717) is 6.54 Å². The predicted octanol–water partition coefficient (Wildman–Crippen LogP) is 3.97. The predicted molar refractivity (Wildman–Crippen MR) is 129 cm³/mol. The van der Waals surface area contributed by atoms with Crippen LogP contribution in [0.4, 0.5) is 17.6 Å². The number of pyridine rings is 1. The summed E-state index contributed by atoms with van der Waals surface area (Å²) in [6.45, 7) is 4.17. The van der Waals surface area contributed by atoms with E-state index >= 15 is 0 Å². The van der Waals surface area contributed by atoms with Gasteiger partial charge in [-0.15, -0.1) is 0 Å². The lowest BCUT2D eigenvalue weighted by Crippen LogP contribution is -2.47. The molecule has 7 heteroatoms. The minimum absolute atomic E-state index is 0.678. The Labute approximate surface area is 187 Å². The second-order valence-electron chi connectivity index (χ2n) is 7.75. The average Bonchev–Trinajstić information content (AvgIpc) is 2.88. The van der Waals surface area contributed by atoms with Crippen LogP contribution < -0.4 is 19.9 Å². The number of fused-ring (bicyclic) bond motifs is 1. The molecular formula is C25H26N6O. The molecule has 0 spiro atoms. The van der Waals surface area contributed by atoms with Crippen molar-refractivity contribution < 1.29 is 4.74 Å². The molecule has 32 heavy (non-hydrogen) atoms. The van der Waals surface area contributed by atoms with Crippen molar-refractivity contribution in [2.45, 2.75) is 6.54 Å². The number of nitrogens with zero attached hydrogens (tertiary/aromatic N) is 5. The smallest absolute Gasteiger partial charge is 0.228 e. The number of anilines is 3. The van der Waals surface area contributed by atoms with Gasteiger partial charge in [0, 0.05) is 44.3 Å². The van der Waals surface area contributed by atoms with Gasteiger partial charge in [-0.25, -0.2) is 9.97 Å². The lowest BCUT2D eigenvalue weighted by Gasteiger charge is -2.35. The summed E-state index contributed by atoms with van der Waals surface area (Å²) in [6.07, 6.45) is 1.84. The summed E-state index contributed by atoms with van der Waals surface area (Å²) in [5.74, 6) is 3.50. The van der Waals surface area contributed by atoms with E-state index in [9.17, 15) is 0 Å². The van der Waals surface area contributed by atoms with Crippen LogP contribution in [-0.2, 0) is 6.54 Å². The normalized spacial score (nSPS) is 13.9. The molecule has 1 aliphatic heterocycles. The zero-order chi connectivity index (χ0) is 21.8. The van der Waals surface area contributed by atoms with E-state index in [0.717, 1.165) is 60.4 Å². The summed E-state index contributed by atoms with van der Waals surface area (Å²) in [7, 11) is 1.68. The van der Waals surface area contributed by atoms with Crippen LogP contribution in [0.1, 0.15) is 5.56 Å². The van der Waals surface area contributed by atoms with E-state index in [-0.39, 0.29) is 0 Å². The largest absolute Gasteiger partial charge is 0.497 e. The lowest BCUT2D eigenvalue weighted by atomic mass is 10.2. The summed E-state index contributed by atoms with van der Waals surface area (Å²) >= 11 is 0. The van der Waals surface area contributed by atoms with Crippen molar-refractivity contribution in [2.24, 2.45) is 0 Å². The molecule has 0 saturated carbocycles. The van der Waals surface area contributed by atoms with Crippen molar-refractivity contribution in [3.63, 3.8) is 0 Å². The average molecular weight is 427 g/mol. The van der Waals surface area contributed by atoms with Crippen molar-refractivity contribution in [3.8, 4) is 5.75 Å². The van der Waals surface area contributed by atoms with Gasteiger partial charge in [-0.1, -0.05) is 30.3 Å². The third kappa shape index (κ3) is 4.27. The zero-order valence-electron chi connectivity index (χ0n) is 18.1. The van der Waals surface area contributed by atoms with E-state index in [1.54, 1.807) is 7.11 Å². The minimum atomic E-state index is 0.678. The Kier molecular flexibility index (Phi) is 5.70. The molecule has 4 aromatic rings. The summed E-state index contributed by atoms with van der Waals surface area (Å²) in [5, 5.41) is 4.54. The van der Waals surface area contributed by atoms with E-state index in [1.807, 2.05) is 48.7 Å². The fourth-order valence-electron chi connectivity index (χ4n) is 3.95. The highest BCUT2D eigenvalue weighted by atomic mass is 16.5. The van der Waals surface area contributed by atoms with Gasteiger partial charge in [-0.3, -0.25) is 0 Å². The van der Waals surface area contributed by atoms with Crippen LogP contribution in [0.25, 0.3) is 10.9 Å². The summed E-state index contributed by atoms with van der Waals surface area (Å²) in [4.78, 5) is 18.8. The number of aromatic nitrogens is 3. The summed E-state index contributed by atoms with van der Waals surface area (Å²) in [5.41, 5.74) is 2.11. The molecule has 7 nitrogen and oxygen atoms in total. The minimum Gasteiger partial charge on any atom is -0.497 e. The first-order chi connectivity index (χ1) is 15.8. The van der Waals surface area contributed by atoms with Crippen LogP contribution in [0.2, 0.25) is 0 Å². The van der Waals surface area contributed by atoms with E-state index in [4.69, 9.17) is 14.7 Å². The Bertz CT molecular complexity index is 1170. The van der Waals surface area contributed by atoms with Crippen LogP contribution in [0.15, 0.2) is 72.9 Å². The van der Waals surface area contributed by atoms with E-state index < -0.39 is 0 Å². The van der Waals surface area contributed by atoms with Crippen LogP contribution in [0.5, 0.6) is 5.75 Å². The first-order valence-electron chi connectivity index (χ1n) is 10.8. The molecule has 2 aromatic carbocycles. The number of para-hydroxylation sites is 1.